The molecular weight excluding hydrogens is 346 g/mol. The maximum Gasteiger partial charge on any atom is 0.211 e. The van der Waals surface area contributed by atoms with Crippen molar-refractivity contribution in [3.05, 3.63) is 47.5 Å². The van der Waals surface area contributed by atoms with E-state index in [2.05, 4.69) is 15.9 Å². The Kier molecular flexibility index (Phi) is 5.01. The first-order valence-electron chi connectivity index (χ1n) is 6.03. The number of rotatable bonds is 5. The minimum Gasteiger partial charge on any atom is -0.493 e. The Balaban J connectivity index is 2.48. The summed E-state index contributed by atoms with van der Waals surface area (Å²) >= 11 is 3.15. The molecule has 2 aromatic rings. The van der Waals surface area contributed by atoms with Gasteiger partial charge in [0.05, 0.1) is 14.2 Å². The zero-order chi connectivity index (χ0) is 15.4. The average molecular weight is 359 g/mol. The van der Waals surface area contributed by atoms with Gasteiger partial charge < -0.3 is 14.2 Å². The number of alkyl halides is 1. The van der Waals surface area contributed by atoms with Crippen LogP contribution in [0.1, 0.15) is 5.56 Å². The summed E-state index contributed by atoms with van der Waals surface area (Å²) < 4.78 is 43.6. The van der Waals surface area contributed by atoms with Crippen molar-refractivity contribution in [3.8, 4) is 23.0 Å². The molecule has 0 bridgehead atoms. The monoisotopic (exact) mass is 358 g/mol. The fourth-order valence-corrected chi connectivity index (χ4v) is 2.13. The van der Waals surface area contributed by atoms with Crippen molar-refractivity contribution >= 4 is 15.9 Å². The van der Waals surface area contributed by atoms with Crippen LogP contribution in [0.2, 0.25) is 0 Å². The van der Waals surface area contributed by atoms with Crippen LogP contribution in [0, 0.1) is 11.6 Å². The maximum absolute atomic E-state index is 14.0. The lowest BCUT2D eigenvalue weighted by molar-refractivity contribution is 0.331. The smallest absolute Gasteiger partial charge is 0.211 e. The molecule has 0 aromatic heterocycles. The summed E-state index contributed by atoms with van der Waals surface area (Å²) in [7, 11) is 2.87. The molecule has 21 heavy (non-hydrogen) atoms. The minimum atomic E-state index is -0.794. The van der Waals surface area contributed by atoms with Crippen LogP contribution < -0.4 is 14.2 Å². The third-order valence-electron chi connectivity index (χ3n) is 2.80. The number of benzene rings is 2. The van der Waals surface area contributed by atoms with Gasteiger partial charge in [-0.3, -0.25) is 0 Å². The predicted molar refractivity (Wildman–Crippen MR) is 78.6 cm³/mol. The summed E-state index contributed by atoms with van der Waals surface area (Å²) in [6, 6.07) is 7.32. The summed E-state index contributed by atoms with van der Waals surface area (Å²) in [4.78, 5) is 0. The van der Waals surface area contributed by atoms with Crippen molar-refractivity contribution in [3.63, 3.8) is 0 Å². The highest BCUT2D eigenvalue weighted by atomic mass is 79.9. The third-order valence-corrected chi connectivity index (χ3v) is 3.45. The van der Waals surface area contributed by atoms with Crippen molar-refractivity contribution in [2.75, 3.05) is 14.2 Å². The number of ether oxygens (including phenoxy) is 3. The molecule has 2 rings (SSSR count). The van der Waals surface area contributed by atoms with Gasteiger partial charge in [0.25, 0.3) is 0 Å². The lowest BCUT2D eigenvalue weighted by Crippen LogP contribution is -1.98. The maximum atomic E-state index is 14.0. The Labute approximate surface area is 129 Å². The van der Waals surface area contributed by atoms with Gasteiger partial charge in [-0.05, 0) is 29.8 Å². The molecule has 0 fully saturated rings. The summed E-state index contributed by atoms with van der Waals surface area (Å²) in [6.45, 7) is 0. The quantitative estimate of drug-likeness (QED) is 0.727. The molecule has 3 nitrogen and oxygen atoms in total. The molecule has 0 saturated heterocycles. The summed E-state index contributed by atoms with van der Waals surface area (Å²) in [5.41, 5.74) is 0.476. The van der Waals surface area contributed by atoms with E-state index in [0.717, 1.165) is 0 Å². The number of para-hydroxylation sites is 1. The van der Waals surface area contributed by atoms with E-state index in [4.69, 9.17) is 14.2 Å². The number of methoxy groups -OCH3 is 2. The van der Waals surface area contributed by atoms with Gasteiger partial charge in [-0.1, -0.05) is 22.0 Å². The molecule has 0 aliphatic carbocycles. The third kappa shape index (κ3) is 3.26. The largest absolute Gasteiger partial charge is 0.493 e. The van der Waals surface area contributed by atoms with E-state index < -0.39 is 17.4 Å². The van der Waals surface area contributed by atoms with Crippen LogP contribution in [0.15, 0.2) is 30.3 Å². The van der Waals surface area contributed by atoms with Gasteiger partial charge in [0.2, 0.25) is 5.75 Å². The SMILES string of the molecule is COc1cccc(OC)c1Oc1c(F)cc(CBr)cc1F. The molecule has 0 unspecified atom stereocenters. The Morgan fingerprint density at radius 1 is 0.952 bits per heavy atom. The highest BCUT2D eigenvalue weighted by Gasteiger charge is 2.18. The number of hydrogen-bond acceptors (Lipinski definition) is 3. The van der Waals surface area contributed by atoms with Crippen LogP contribution in [0.25, 0.3) is 0 Å². The van der Waals surface area contributed by atoms with Gasteiger partial charge in [-0.2, -0.15) is 0 Å². The van der Waals surface area contributed by atoms with Gasteiger partial charge in [-0.15, -0.1) is 0 Å². The molecular formula is C15H13BrF2O3. The fraction of sp³-hybridized carbons (Fsp3) is 0.200. The van der Waals surface area contributed by atoms with E-state index in [0.29, 0.717) is 22.4 Å². The second-order valence-electron chi connectivity index (χ2n) is 4.12. The van der Waals surface area contributed by atoms with E-state index in [-0.39, 0.29) is 5.75 Å². The zero-order valence-corrected chi connectivity index (χ0v) is 13.0. The van der Waals surface area contributed by atoms with E-state index in [1.54, 1.807) is 18.2 Å². The molecule has 0 aliphatic heterocycles. The summed E-state index contributed by atoms with van der Waals surface area (Å²) in [5.74, 6) is -1.33. The topological polar surface area (TPSA) is 27.7 Å². The van der Waals surface area contributed by atoms with Gasteiger partial charge >= 0.3 is 0 Å². The summed E-state index contributed by atoms with van der Waals surface area (Å²) in [5, 5.41) is 0.346. The van der Waals surface area contributed by atoms with Gasteiger partial charge in [0, 0.05) is 5.33 Å². The van der Waals surface area contributed by atoms with Crippen molar-refractivity contribution in [1.82, 2.24) is 0 Å². The molecule has 0 amide bonds. The Hall–Kier alpha value is -1.82. The van der Waals surface area contributed by atoms with Crippen molar-refractivity contribution in [2.24, 2.45) is 0 Å². The standard InChI is InChI=1S/C15H13BrF2O3/c1-19-12-4-3-5-13(20-2)15(12)21-14-10(17)6-9(8-16)7-11(14)18/h3-7H,8H2,1-2H3. The lowest BCUT2D eigenvalue weighted by atomic mass is 10.2. The van der Waals surface area contributed by atoms with Crippen LogP contribution in [0.3, 0.4) is 0 Å². The van der Waals surface area contributed by atoms with Crippen LogP contribution >= 0.6 is 15.9 Å². The minimum absolute atomic E-state index is 0.117. The molecule has 0 spiro atoms. The molecule has 0 heterocycles. The van der Waals surface area contributed by atoms with E-state index >= 15 is 0 Å². The second kappa shape index (κ2) is 6.76. The van der Waals surface area contributed by atoms with E-state index in [9.17, 15) is 8.78 Å². The average Bonchev–Trinajstić information content (AvgIpc) is 2.50. The fourth-order valence-electron chi connectivity index (χ4n) is 1.81. The van der Waals surface area contributed by atoms with Crippen molar-refractivity contribution in [2.45, 2.75) is 5.33 Å². The van der Waals surface area contributed by atoms with Crippen LogP contribution in [0.4, 0.5) is 8.78 Å². The molecule has 6 heteroatoms. The molecule has 0 atom stereocenters. The molecule has 0 N–H and O–H groups in total. The Morgan fingerprint density at radius 2 is 1.48 bits per heavy atom. The van der Waals surface area contributed by atoms with Gasteiger partial charge in [-0.25, -0.2) is 8.78 Å². The Morgan fingerprint density at radius 3 is 1.90 bits per heavy atom. The molecule has 0 aliphatic rings. The number of hydrogen-bond donors (Lipinski definition) is 0. The normalized spacial score (nSPS) is 10.3. The zero-order valence-electron chi connectivity index (χ0n) is 11.5. The van der Waals surface area contributed by atoms with Gasteiger partial charge in [0.15, 0.2) is 28.9 Å². The highest BCUT2D eigenvalue weighted by Crippen LogP contribution is 2.41. The van der Waals surface area contributed by atoms with Gasteiger partial charge in [0.1, 0.15) is 0 Å². The highest BCUT2D eigenvalue weighted by molar-refractivity contribution is 9.08. The lowest BCUT2D eigenvalue weighted by Gasteiger charge is -2.15. The first kappa shape index (κ1) is 15.6. The van der Waals surface area contributed by atoms with E-state index in [1.165, 1.54) is 26.4 Å². The molecule has 0 saturated carbocycles. The summed E-state index contributed by atoms with van der Waals surface area (Å²) in [6.07, 6.45) is 0. The first-order chi connectivity index (χ1) is 10.1. The molecule has 2 aromatic carbocycles. The molecule has 0 radical (unpaired) electrons. The van der Waals surface area contributed by atoms with Crippen molar-refractivity contribution in [1.29, 1.82) is 0 Å². The first-order valence-corrected chi connectivity index (χ1v) is 7.15. The Bertz CT molecular complexity index is 602. The molecule has 112 valence electrons. The predicted octanol–water partition coefficient (Wildman–Crippen LogP) is 4.67. The van der Waals surface area contributed by atoms with E-state index in [1.807, 2.05) is 0 Å². The van der Waals surface area contributed by atoms with Crippen LogP contribution in [-0.2, 0) is 5.33 Å². The second-order valence-corrected chi connectivity index (χ2v) is 4.68. The van der Waals surface area contributed by atoms with Crippen molar-refractivity contribution < 1.29 is 23.0 Å². The van der Waals surface area contributed by atoms with Crippen LogP contribution in [0.5, 0.6) is 23.0 Å². The number of halogens is 3. The van der Waals surface area contributed by atoms with Crippen LogP contribution in [-0.4, -0.2) is 14.2 Å².